The van der Waals surface area contributed by atoms with Crippen LogP contribution in [0.3, 0.4) is 0 Å². The molecule has 0 unspecified atom stereocenters. The molecule has 530 valence electrons. The molecule has 0 saturated carbocycles. The molecule has 3 aliphatic heterocycles. The summed E-state index contributed by atoms with van der Waals surface area (Å²) in [6.07, 6.45) is 15.4. The summed E-state index contributed by atoms with van der Waals surface area (Å²) in [6, 6.07) is 39.5. The molecule has 0 N–H and O–H groups in total. The van der Waals surface area contributed by atoms with Gasteiger partial charge in [-0.15, -0.1) is 0 Å². The zero-order valence-electron chi connectivity index (χ0n) is 60.9. The van der Waals surface area contributed by atoms with Gasteiger partial charge < -0.3 is 56.2 Å². The molecule has 3 aliphatic rings. The van der Waals surface area contributed by atoms with Gasteiger partial charge in [-0.1, -0.05) is 227 Å². The van der Waals surface area contributed by atoms with Gasteiger partial charge in [-0.3, -0.25) is 0 Å². The van der Waals surface area contributed by atoms with Crippen LogP contribution in [0.2, 0.25) is 23.2 Å². The van der Waals surface area contributed by atoms with Gasteiger partial charge in [0.25, 0.3) is 8.32 Å². The molecule has 3 fully saturated rings. The first kappa shape index (κ1) is 78.5. The quantitative estimate of drug-likeness (QED) is 0.00832. The minimum absolute atomic E-state index is 0.0379. The van der Waals surface area contributed by atoms with Crippen LogP contribution in [-0.4, -0.2) is 124 Å². The van der Waals surface area contributed by atoms with E-state index in [2.05, 4.69) is 148 Å². The second-order valence-corrected chi connectivity index (χ2v) is 38.6. The van der Waals surface area contributed by atoms with Crippen molar-refractivity contribution in [1.29, 1.82) is 0 Å². The monoisotopic (exact) mass is 1370 g/mol. The summed E-state index contributed by atoms with van der Waals surface area (Å²) in [5, 5.41) is 2.15. The van der Waals surface area contributed by atoms with Crippen molar-refractivity contribution < 1.29 is 65.8 Å². The zero-order valence-corrected chi connectivity index (χ0v) is 62.9. The first-order chi connectivity index (χ1) is 46.1. The number of ether oxygens (including phenoxy) is 10. The summed E-state index contributed by atoms with van der Waals surface area (Å²) in [5.74, 6) is -2.18. The van der Waals surface area contributed by atoms with Crippen molar-refractivity contribution in [2.24, 2.45) is 5.41 Å². The molecule has 7 rings (SSSR count). The summed E-state index contributed by atoms with van der Waals surface area (Å²) < 4.78 is 79.6. The summed E-state index contributed by atoms with van der Waals surface area (Å²) >= 11 is 0. The molecule has 0 aliphatic carbocycles. The van der Waals surface area contributed by atoms with E-state index in [-0.39, 0.29) is 53.8 Å². The van der Waals surface area contributed by atoms with Gasteiger partial charge >= 0.3 is 11.9 Å². The van der Waals surface area contributed by atoms with Gasteiger partial charge in [-0.05, 0) is 114 Å². The molecule has 16 heteroatoms. The molecular formula is C81H114O14Si2. The predicted molar refractivity (Wildman–Crippen MR) is 392 cm³/mol. The molecule has 4 aromatic rings. The van der Waals surface area contributed by atoms with E-state index in [0.717, 1.165) is 47.3 Å². The number of hydrogen-bond acceptors (Lipinski definition) is 14. The highest BCUT2D eigenvalue weighted by Crippen LogP contribution is 2.50. The van der Waals surface area contributed by atoms with E-state index in [1.807, 2.05) is 87.5 Å². The SMILES string of the molecule is C=C1C[C@H](C[C@@H]2CC(=C)C[C@H](C=CC(C)(C)[C@]3(OC)O[C@H](C[C@@H](O[Si](C)(C)C(C)(C)C)[C@@H](C)OCOCc4ccccc4)CC(=CC(=O)OC)[C@@H]3OC(=O)C=CC=CCCC)O2)O[C@H](C[C@H](CCO[Si](c2ccccc2)(c2ccccc2)C(C)(C)C)OCc2ccc(OC)cc2)C1. The summed E-state index contributed by atoms with van der Waals surface area (Å²) in [6.45, 7) is 36.5. The Hall–Kier alpha value is -5.87. The Morgan fingerprint density at radius 1 is 0.691 bits per heavy atom. The molecule has 0 bridgehead atoms. The van der Waals surface area contributed by atoms with Gasteiger partial charge in [0.2, 0.25) is 5.79 Å². The predicted octanol–water partition coefficient (Wildman–Crippen LogP) is 16.5. The number of unbranched alkanes of at least 4 members (excludes halogenated alkanes) is 1. The van der Waals surface area contributed by atoms with Crippen LogP contribution in [0.5, 0.6) is 5.75 Å². The summed E-state index contributed by atoms with van der Waals surface area (Å²) in [4.78, 5) is 27.6. The van der Waals surface area contributed by atoms with Crippen LogP contribution in [0.15, 0.2) is 188 Å². The largest absolute Gasteiger partial charge is 0.497 e. The molecular weight excluding hydrogens is 1250 g/mol. The van der Waals surface area contributed by atoms with E-state index in [1.54, 1.807) is 20.3 Å². The summed E-state index contributed by atoms with van der Waals surface area (Å²) in [5.41, 5.74) is 3.66. The first-order valence-electron chi connectivity index (χ1n) is 34.9. The zero-order chi connectivity index (χ0) is 70.4. The molecule has 0 radical (unpaired) electrons. The number of carbonyl (C=O) groups is 2. The fourth-order valence-corrected chi connectivity index (χ4v) is 19.3. The number of rotatable bonds is 34. The number of allylic oxidation sites excluding steroid dienone is 3. The Bertz CT molecular complexity index is 3180. The Morgan fingerprint density at radius 3 is 1.90 bits per heavy atom. The molecule has 4 aromatic carbocycles. The Balaban J connectivity index is 1.13. The minimum atomic E-state index is -2.82. The molecule has 0 amide bonds. The van der Waals surface area contributed by atoms with E-state index < -0.39 is 64.2 Å². The number of methoxy groups -OCH3 is 3. The molecule has 97 heavy (non-hydrogen) atoms. The van der Waals surface area contributed by atoms with Crippen molar-refractivity contribution in [3.8, 4) is 5.75 Å². The lowest BCUT2D eigenvalue weighted by Gasteiger charge is -2.53. The lowest BCUT2D eigenvalue weighted by Crippen LogP contribution is -2.66. The Morgan fingerprint density at radius 2 is 1.30 bits per heavy atom. The fraction of sp³-hybridized carbons (Fsp3) is 0.531. The number of benzene rings is 4. The standard InChI is InChI=1S/C81H114O14Si2/c1-18-19-20-21-31-38-75(82)93-77-64(52-76(83)85-14)51-71(55-74(95-96(16,17)78(5,6)7)61(4)89-58-87-56-62-32-25-22-26-33-62)94-81(77,86-15)80(11,12)45-43-67-47-59(2)48-69(91-67)54-70-50-60(3)49-68(92-70)53-66(88-57-63-39-41-65(84-13)42-40-63)44-46-90-97(79(8,9)10,72-34-27-23-28-35-72)73-36-29-24-30-37-73/h20-43,45,52,61,66-71,74,77H,2-3,18-19,44,46-51,53-58H2,1,4-17H3/t61-,66+,67+,68+,69+,70-,71+,74-,77+,81-/m1/s1. The van der Waals surface area contributed by atoms with Crippen LogP contribution in [0.25, 0.3) is 0 Å². The Kier molecular flexibility index (Phi) is 29.5. The smallest absolute Gasteiger partial charge is 0.331 e. The lowest BCUT2D eigenvalue weighted by molar-refractivity contribution is -0.338. The van der Waals surface area contributed by atoms with Crippen LogP contribution < -0.4 is 15.1 Å². The van der Waals surface area contributed by atoms with Gasteiger partial charge in [-0.25, -0.2) is 9.59 Å². The van der Waals surface area contributed by atoms with Crippen molar-refractivity contribution >= 4 is 38.9 Å². The fourth-order valence-electron chi connectivity index (χ4n) is 13.3. The number of carbonyl (C=O) groups excluding carboxylic acids is 2. The highest BCUT2D eigenvalue weighted by atomic mass is 28.4. The molecule has 3 saturated heterocycles. The van der Waals surface area contributed by atoms with E-state index in [4.69, 9.17) is 56.2 Å². The van der Waals surface area contributed by atoms with E-state index in [9.17, 15) is 9.59 Å². The average molecular weight is 1370 g/mol. The van der Waals surface area contributed by atoms with Crippen LogP contribution in [-0.2, 0) is 74.3 Å². The topological polar surface area (TPSA) is 145 Å². The van der Waals surface area contributed by atoms with E-state index in [0.29, 0.717) is 70.3 Å². The van der Waals surface area contributed by atoms with Crippen LogP contribution in [0.4, 0.5) is 0 Å². The van der Waals surface area contributed by atoms with Crippen molar-refractivity contribution in [2.75, 3.05) is 34.7 Å². The minimum Gasteiger partial charge on any atom is -0.497 e. The third-order valence-electron chi connectivity index (χ3n) is 19.5. The Labute approximate surface area is 583 Å². The molecule has 14 nitrogen and oxygen atoms in total. The normalized spacial score (nSPS) is 23.1. The second kappa shape index (κ2) is 36.5. The summed E-state index contributed by atoms with van der Waals surface area (Å²) in [7, 11) is -0.724. The maximum Gasteiger partial charge on any atom is 0.331 e. The van der Waals surface area contributed by atoms with E-state index >= 15 is 0 Å². The van der Waals surface area contributed by atoms with Crippen LogP contribution >= 0.6 is 0 Å². The maximum atomic E-state index is 14.1. The van der Waals surface area contributed by atoms with Crippen LogP contribution in [0.1, 0.15) is 151 Å². The third-order valence-corrected chi connectivity index (χ3v) is 29.1. The van der Waals surface area contributed by atoms with Crippen molar-refractivity contribution in [2.45, 2.75) is 237 Å². The highest BCUT2D eigenvalue weighted by molar-refractivity contribution is 6.99. The molecule has 0 spiro atoms. The second-order valence-electron chi connectivity index (χ2n) is 29.6. The number of hydrogen-bond donors (Lipinski definition) is 0. The molecule has 0 aromatic heterocycles. The van der Waals surface area contributed by atoms with Gasteiger partial charge in [0, 0.05) is 50.5 Å². The van der Waals surface area contributed by atoms with Gasteiger partial charge in [-0.2, -0.15) is 0 Å². The van der Waals surface area contributed by atoms with Crippen molar-refractivity contribution in [3.05, 3.63) is 199 Å². The van der Waals surface area contributed by atoms with Crippen molar-refractivity contribution in [3.63, 3.8) is 0 Å². The maximum absolute atomic E-state index is 14.1. The highest BCUT2D eigenvalue weighted by Gasteiger charge is 2.60. The molecule has 10 atom stereocenters. The lowest BCUT2D eigenvalue weighted by atomic mass is 9.73. The van der Waals surface area contributed by atoms with E-state index in [1.165, 1.54) is 29.6 Å². The van der Waals surface area contributed by atoms with Gasteiger partial charge in [0.1, 0.15) is 12.5 Å². The first-order valence-corrected chi connectivity index (χ1v) is 39.8. The van der Waals surface area contributed by atoms with Gasteiger partial charge in [0.05, 0.1) is 76.3 Å². The van der Waals surface area contributed by atoms with Crippen LogP contribution in [0, 0.1) is 5.41 Å². The van der Waals surface area contributed by atoms with Gasteiger partial charge in [0.15, 0.2) is 14.4 Å². The molecule has 3 heterocycles. The third kappa shape index (κ3) is 22.1. The average Bonchev–Trinajstić information content (AvgIpc) is 0.745. The number of esters is 2. The van der Waals surface area contributed by atoms with Crippen molar-refractivity contribution in [1.82, 2.24) is 0 Å².